The van der Waals surface area contributed by atoms with Crippen molar-refractivity contribution in [2.45, 2.75) is 13.8 Å². The molecule has 3 heterocycles. The van der Waals surface area contributed by atoms with E-state index >= 15 is 0 Å². The van der Waals surface area contributed by atoms with E-state index in [2.05, 4.69) is 25.6 Å². The number of pyridine rings is 2. The Morgan fingerprint density at radius 2 is 2.12 bits per heavy atom. The number of anilines is 1. The average molecular weight is 369 g/mol. The van der Waals surface area contributed by atoms with E-state index in [1.165, 1.54) is 18.3 Å². The minimum Gasteiger partial charge on any atom is -0.368 e. The molecule has 0 unspecified atom stereocenters. The molecular formula is C18H19N5O2S. The number of hydrogen-bond acceptors (Lipinski definition) is 6. The number of aromatic amines is 1. The summed E-state index contributed by atoms with van der Waals surface area (Å²) in [5.41, 5.74) is 2.81. The van der Waals surface area contributed by atoms with Gasteiger partial charge in [0.25, 0.3) is 5.56 Å². The first-order valence-corrected chi connectivity index (χ1v) is 9.01. The quantitative estimate of drug-likeness (QED) is 0.580. The molecule has 0 atom stereocenters. The molecule has 134 valence electrons. The molecular weight excluding hydrogens is 350 g/mol. The van der Waals surface area contributed by atoms with Crippen LogP contribution in [0.25, 0.3) is 21.8 Å². The fraction of sp³-hybridized carbons (Fsp3) is 0.222. The van der Waals surface area contributed by atoms with E-state index in [-0.39, 0.29) is 11.5 Å². The Morgan fingerprint density at radius 1 is 1.27 bits per heavy atom. The Hall–Kier alpha value is -3.00. The predicted molar refractivity (Wildman–Crippen MR) is 103 cm³/mol. The van der Waals surface area contributed by atoms with Gasteiger partial charge in [-0.15, -0.1) is 11.3 Å². The van der Waals surface area contributed by atoms with Gasteiger partial charge in [0.15, 0.2) is 0 Å². The van der Waals surface area contributed by atoms with Crippen molar-refractivity contribution < 1.29 is 4.79 Å². The number of thiazole rings is 1. The van der Waals surface area contributed by atoms with Crippen LogP contribution in [0.2, 0.25) is 0 Å². The van der Waals surface area contributed by atoms with Gasteiger partial charge in [-0.3, -0.25) is 9.59 Å². The number of aryl methyl sites for hydroxylation is 1. The summed E-state index contributed by atoms with van der Waals surface area (Å²) in [6.07, 6.45) is 1.70. The number of carbonyl (C=O) groups excluding carboxylic acids is 1. The molecule has 7 nitrogen and oxygen atoms in total. The molecule has 0 saturated heterocycles. The fourth-order valence-corrected chi connectivity index (χ4v) is 3.21. The summed E-state index contributed by atoms with van der Waals surface area (Å²) >= 11 is 1.47. The van der Waals surface area contributed by atoms with Crippen molar-refractivity contribution in [3.05, 3.63) is 51.9 Å². The van der Waals surface area contributed by atoms with Crippen LogP contribution in [-0.4, -0.2) is 33.9 Å². The van der Waals surface area contributed by atoms with E-state index in [9.17, 15) is 9.59 Å². The number of H-pyrrole nitrogens is 1. The van der Waals surface area contributed by atoms with Crippen molar-refractivity contribution in [3.8, 4) is 21.8 Å². The summed E-state index contributed by atoms with van der Waals surface area (Å²) < 4.78 is 0. The molecule has 0 bridgehead atoms. The maximum atomic E-state index is 12.1. The van der Waals surface area contributed by atoms with Crippen molar-refractivity contribution in [3.63, 3.8) is 0 Å². The zero-order chi connectivity index (χ0) is 18.5. The third kappa shape index (κ3) is 4.34. The zero-order valence-corrected chi connectivity index (χ0v) is 15.3. The Balaban J connectivity index is 1.76. The van der Waals surface area contributed by atoms with Gasteiger partial charge >= 0.3 is 0 Å². The first-order valence-electron chi connectivity index (χ1n) is 8.13. The summed E-state index contributed by atoms with van der Waals surface area (Å²) in [6, 6.07) is 7.42. The second-order valence-corrected chi connectivity index (χ2v) is 6.62. The van der Waals surface area contributed by atoms with Crippen LogP contribution in [0.1, 0.15) is 12.6 Å². The van der Waals surface area contributed by atoms with E-state index < -0.39 is 0 Å². The molecule has 0 aliphatic carbocycles. The van der Waals surface area contributed by atoms with Gasteiger partial charge in [0, 0.05) is 42.8 Å². The predicted octanol–water partition coefficient (Wildman–Crippen LogP) is 2.42. The largest absolute Gasteiger partial charge is 0.368 e. The highest BCUT2D eigenvalue weighted by atomic mass is 32.1. The third-order valence-corrected chi connectivity index (χ3v) is 4.54. The van der Waals surface area contributed by atoms with Gasteiger partial charge in [0.05, 0.1) is 11.3 Å². The summed E-state index contributed by atoms with van der Waals surface area (Å²) in [4.78, 5) is 34.6. The summed E-state index contributed by atoms with van der Waals surface area (Å²) in [5, 5.41) is 8.57. The van der Waals surface area contributed by atoms with Gasteiger partial charge < -0.3 is 15.6 Å². The number of hydrogen-bond donors (Lipinski definition) is 3. The van der Waals surface area contributed by atoms with Gasteiger partial charge in [-0.25, -0.2) is 9.97 Å². The third-order valence-electron chi connectivity index (χ3n) is 3.65. The highest BCUT2D eigenvalue weighted by molar-refractivity contribution is 7.13. The Morgan fingerprint density at radius 3 is 2.88 bits per heavy atom. The van der Waals surface area contributed by atoms with Crippen LogP contribution >= 0.6 is 11.3 Å². The number of amides is 1. The van der Waals surface area contributed by atoms with Crippen LogP contribution in [0.15, 0.2) is 40.6 Å². The van der Waals surface area contributed by atoms with E-state index in [4.69, 9.17) is 0 Å². The van der Waals surface area contributed by atoms with Crippen molar-refractivity contribution in [2.24, 2.45) is 0 Å². The molecule has 0 aromatic carbocycles. The SMILES string of the molecule is CC(=O)NCCNc1cc(-c2nc(-c3ccc(C)[nH]c3=O)cs2)ccn1. The van der Waals surface area contributed by atoms with Crippen molar-refractivity contribution in [1.82, 2.24) is 20.3 Å². The zero-order valence-electron chi connectivity index (χ0n) is 14.5. The molecule has 3 N–H and O–H groups in total. The molecule has 3 rings (SSSR count). The van der Waals surface area contributed by atoms with E-state index in [1.807, 2.05) is 30.5 Å². The van der Waals surface area contributed by atoms with E-state index in [0.29, 0.717) is 30.2 Å². The van der Waals surface area contributed by atoms with Crippen LogP contribution in [0, 0.1) is 6.92 Å². The minimum absolute atomic E-state index is 0.0603. The van der Waals surface area contributed by atoms with E-state index in [1.54, 1.807) is 12.3 Å². The number of carbonyl (C=O) groups is 1. The topological polar surface area (TPSA) is 99.8 Å². The molecule has 26 heavy (non-hydrogen) atoms. The van der Waals surface area contributed by atoms with Crippen LogP contribution in [0.3, 0.4) is 0 Å². The lowest BCUT2D eigenvalue weighted by molar-refractivity contribution is -0.118. The molecule has 3 aromatic rings. The average Bonchev–Trinajstić information content (AvgIpc) is 3.09. The molecule has 0 spiro atoms. The van der Waals surface area contributed by atoms with Gasteiger partial charge in [-0.1, -0.05) is 0 Å². The van der Waals surface area contributed by atoms with Crippen molar-refractivity contribution in [2.75, 3.05) is 18.4 Å². The van der Waals surface area contributed by atoms with Gasteiger partial charge in [0.1, 0.15) is 10.8 Å². The lowest BCUT2D eigenvalue weighted by Crippen LogP contribution is -2.26. The molecule has 0 fully saturated rings. The first kappa shape index (κ1) is 17.8. The summed E-state index contributed by atoms with van der Waals surface area (Å²) in [5.74, 6) is 0.646. The lowest BCUT2D eigenvalue weighted by atomic mass is 10.2. The Bertz CT molecular complexity index is 979. The normalized spacial score (nSPS) is 10.5. The fourth-order valence-electron chi connectivity index (χ4n) is 2.39. The van der Waals surface area contributed by atoms with Crippen LogP contribution < -0.4 is 16.2 Å². The highest BCUT2D eigenvalue weighted by Gasteiger charge is 2.10. The number of aromatic nitrogens is 3. The monoisotopic (exact) mass is 369 g/mol. The van der Waals surface area contributed by atoms with Gasteiger partial charge in [-0.05, 0) is 31.2 Å². The van der Waals surface area contributed by atoms with Gasteiger partial charge in [0.2, 0.25) is 5.91 Å². The van der Waals surface area contributed by atoms with Crippen LogP contribution in [-0.2, 0) is 4.79 Å². The molecule has 0 aliphatic heterocycles. The Labute approximate surface area is 154 Å². The Kier molecular flexibility index (Phi) is 5.43. The molecule has 0 aliphatic rings. The molecule has 0 saturated carbocycles. The van der Waals surface area contributed by atoms with E-state index in [0.717, 1.165) is 16.3 Å². The first-order chi connectivity index (χ1) is 12.5. The standard InChI is InChI=1S/C18H19N5O2S/c1-11-3-4-14(17(25)22-11)15-10-26-18(23-15)13-5-6-20-16(9-13)21-8-7-19-12(2)24/h3-6,9-10H,7-8H2,1-2H3,(H,19,24)(H,20,21)(H,22,25). The molecule has 0 radical (unpaired) electrons. The maximum absolute atomic E-state index is 12.1. The van der Waals surface area contributed by atoms with Crippen LogP contribution in [0.4, 0.5) is 5.82 Å². The second-order valence-electron chi connectivity index (χ2n) is 5.76. The smallest absolute Gasteiger partial charge is 0.257 e. The number of nitrogens with zero attached hydrogens (tertiary/aromatic N) is 2. The summed E-state index contributed by atoms with van der Waals surface area (Å²) in [6.45, 7) is 4.43. The minimum atomic E-state index is -0.142. The number of rotatable bonds is 6. The lowest BCUT2D eigenvalue weighted by Gasteiger charge is -2.06. The van der Waals surface area contributed by atoms with Gasteiger partial charge in [-0.2, -0.15) is 0 Å². The maximum Gasteiger partial charge on any atom is 0.257 e. The number of nitrogens with one attached hydrogen (secondary N) is 3. The highest BCUT2D eigenvalue weighted by Crippen LogP contribution is 2.28. The summed E-state index contributed by atoms with van der Waals surface area (Å²) in [7, 11) is 0. The van der Waals surface area contributed by atoms with Crippen LogP contribution in [0.5, 0.6) is 0 Å². The van der Waals surface area contributed by atoms with Crippen molar-refractivity contribution >= 4 is 23.1 Å². The molecule has 1 amide bonds. The second kappa shape index (κ2) is 7.92. The van der Waals surface area contributed by atoms with Crippen molar-refractivity contribution in [1.29, 1.82) is 0 Å². The molecule has 3 aromatic heterocycles. The molecule has 8 heteroatoms.